The molecule has 0 aliphatic heterocycles. The molecular formula is C21H23FN8O2. The van der Waals surface area contributed by atoms with Gasteiger partial charge in [-0.15, -0.1) is 0 Å². The van der Waals surface area contributed by atoms with Crippen molar-refractivity contribution in [2.75, 3.05) is 11.5 Å². The van der Waals surface area contributed by atoms with Crippen LogP contribution >= 0.6 is 0 Å². The highest BCUT2D eigenvalue weighted by atomic mass is 19.1. The van der Waals surface area contributed by atoms with Crippen LogP contribution in [0, 0.1) is 12.7 Å². The van der Waals surface area contributed by atoms with Crippen molar-refractivity contribution in [3.8, 4) is 11.5 Å². The van der Waals surface area contributed by atoms with Gasteiger partial charge in [0.1, 0.15) is 40.6 Å². The van der Waals surface area contributed by atoms with E-state index in [1.165, 1.54) is 12.4 Å². The smallest absolute Gasteiger partial charge is 0.265 e. The Morgan fingerprint density at radius 3 is 2.50 bits per heavy atom. The minimum Gasteiger partial charge on any atom is -0.383 e. The Kier molecular flexibility index (Phi) is 5.80. The van der Waals surface area contributed by atoms with E-state index < -0.39 is 5.82 Å². The van der Waals surface area contributed by atoms with E-state index in [1.54, 1.807) is 23.6 Å². The van der Waals surface area contributed by atoms with Gasteiger partial charge in [0.15, 0.2) is 5.82 Å². The first-order valence-electron chi connectivity index (χ1n) is 10.3. The number of aryl methyl sites for hydroxylation is 2. The second-order valence-electron chi connectivity index (χ2n) is 7.48. The molecule has 1 aliphatic rings. The number of aromatic nitrogens is 6. The normalized spacial score (nSPS) is 13.1. The molecule has 0 saturated heterocycles. The van der Waals surface area contributed by atoms with Crippen LogP contribution in [-0.2, 0) is 6.42 Å². The van der Waals surface area contributed by atoms with Crippen LogP contribution < -0.4 is 17.0 Å². The third kappa shape index (κ3) is 4.13. The molecule has 0 unspecified atom stereocenters. The number of nitrogen functional groups attached to an aromatic ring is 2. The van der Waals surface area contributed by atoms with Crippen molar-refractivity contribution in [2.24, 2.45) is 0 Å². The predicted octanol–water partition coefficient (Wildman–Crippen LogP) is 2.82. The van der Waals surface area contributed by atoms with Gasteiger partial charge in [-0.25, -0.2) is 19.3 Å². The number of fused-ring (bicyclic) bond motifs is 1. The second-order valence-corrected chi connectivity index (χ2v) is 7.48. The van der Waals surface area contributed by atoms with Gasteiger partial charge in [0.2, 0.25) is 0 Å². The van der Waals surface area contributed by atoms with Gasteiger partial charge in [0, 0.05) is 12.5 Å². The Hall–Kier alpha value is -3.89. The number of benzene rings is 1. The van der Waals surface area contributed by atoms with Crippen molar-refractivity contribution >= 4 is 22.5 Å². The summed E-state index contributed by atoms with van der Waals surface area (Å²) < 4.78 is 20.4. The van der Waals surface area contributed by atoms with Gasteiger partial charge in [-0.2, -0.15) is 4.98 Å². The van der Waals surface area contributed by atoms with Crippen molar-refractivity contribution in [1.29, 1.82) is 0 Å². The Bertz CT molecular complexity index is 1310. The fourth-order valence-corrected chi connectivity index (χ4v) is 3.39. The average Bonchev–Trinajstić information content (AvgIpc) is 3.49. The first-order chi connectivity index (χ1) is 15.4. The van der Waals surface area contributed by atoms with Crippen LogP contribution in [0.5, 0.6) is 0 Å². The van der Waals surface area contributed by atoms with E-state index in [9.17, 15) is 9.18 Å². The van der Waals surface area contributed by atoms with Crippen molar-refractivity contribution in [3.05, 3.63) is 52.3 Å². The number of hydrogen-bond donors (Lipinski definition) is 2. The maximum absolute atomic E-state index is 13.8. The molecule has 10 nitrogen and oxygen atoms in total. The Morgan fingerprint density at radius 2 is 1.91 bits per heavy atom. The van der Waals surface area contributed by atoms with Crippen LogP contribution in [0.1, 0.15) is 43.9 Å². The lowest BCUT2D eigenvalue weighted by Crippen LogP contribution is -2.25. The second kappa shape index (κ2) is 8.69. The topological polar surface area (TPSA) is 152 Å². The maximum atomic E-state index is 13.8. The van der Waals surface area contributed by atoms with Crippen molar-refractivity contribution < 1.29 is 8.91 Å². The van der Waals surface area contributed by atoms with Crippen LogP contribution in [0.25, 0.3) is 22.4 Å². The molecule has 11 heteroatoms. The lowest BCUT2D eigenvalue weighted by atomic mass is 10.2. The standard InChI is InChI=1S/C14H15FN2O.C7H8N6O/c1-2-4-12-16-11-6-3-5-10(15)13(11)14(18)17(12)9-7-8-9;1-3-12-7(14-13-3)4-5(8)10-2-11-6(4)9/h3,5-6,9H,2,4,7-8H2,1H3;2H,1H3,(H4,8,9,10,11). The lowest BCUT2D eigenvalue weighted by molar-refractivity contribution is 0.425. The number of hydrogen-bond acceptors (Lipinski definition) is 9. The Balaban J connectivity index is 0.000000158. The van der Waals surface area contributed by atoms with Crippen LogP contribution in [0.15, 0.2) is 33.8 Å². The summed E-state index contributed by atoms with van der Waals surface area (Å²) in [6.07, 6.45) is 4.96. The van der Waals surface area contributed by atoms with Gasteiger partial charge in [0.25, 0.3) is 11.4 Å². The molecule has 0 radical (unpaired) electrons. The van der Waals surface area contributed by atoms with Gasteiger partial charge >= 0.3 is 0 Å². The van der Waals surface area contributed by atoms with E-state index in [0.29, 0.717) is 16.9 Å². The van der Waals surface area contributed by atoms with E-state index >= 15 is 0 Å². The number of halogens is 1. The zero-order valence-electron chi connectivity index (χ0n) is 17.7. The highest BCUT2D eigenvalue weighted by molar-refractivity contribution is 5.78. The summed E-state index contributed by atoms with van der Waals surface area (Å²) >= 11 is 0. The fourth-order valence-electron chi connectivity index (χ4n) is 3.39. The fraction of sp³-hybridized carbons (Fsp3) is 0.333. The number of rotatable bonds is 4. The summed E-state index contributed by atoms with van der Waals surface area (Å²) in [7, 11) is 0. The third-order valence-electron chi connectivity index (χ3n) is 4.98. The predicted molar refractivity (Wildman–Crippen MR) is 117 cm³/mol. The summed E-state index contributed by atoms with van der Waals surface area (Å²) in [5.41, 5.74) is 11.8. The van der Waals surface area contributed by atoms with E-state index in [-0.39, 0.29) is 34.5 Å². The molecule has 3 heterocycles. The van der Waals surface area contributed by atoms with E-state index in [4.69, 9.17) is 16.0 Å². The zero-order valence-corrected chi connectivity index (χ0v) is 17.7. The molecule has 0 atom stereocenters. The first kappa shape index (κ1) is 21.3. The summed E-state index contributed by atoms with van der Waals surface area (Å²) in [4.78, 5) is 28.4. The quantitative estimate of drug-likeness (QED) is 0.490. The minimum absolute atomic E-state index is 0.129. The molecule has 32 heavy (non-hydrogen) atoms. The summed E-state index contributed by atoms with van der Waals surface area (Å²) in [5.74, 6) is 1.51. The van der Waals surface area contributed by atoms with Gasteiger partial charge < -0.3 is 16.0 Å². The highest BCUT2D eigenvalue weighted by Gasteiger charge is 2.28. The number of nitrogens with zero attached hydrogens (tertiary/aromatic N) is 6. The van der Waals surface area contributed by atoms with Crippen molar-refractivity contribution in [1.82, 2.24) is 29.7 Å². The van der Waals surface area contributed by atoms with E-state index in [1.807, 2.05) is 0 Å². The molecule has 0 spiro atoms. The molecular weight excluding hydrogens is 415 g/mol. The molecule has 1 fully saturated rings. The van der Waals surface area contributed by atoms with Crippen molar-refractivity contribution in [3.63, 3.8) is 0 Å². The van der Waals surface area contributed by atoms with Crippen LogP contribution in [0.2, 0.25) is 0 Å². The van der Waals surface area contributed by atoms with Crippen molar-refractivity contribution in [2.45, 2.75) is 45.6 Å². The maximum Gasteiger partial charge on any atom is 0.265 e. The molecule has 1 saturated carbocycles. The molecule has 0 bridgehead atoms. The lowest BCUT2D eigenvalue weighted by Gasteiger charge is -2.12. The minimum atomic E-state index is -0.470. The summed E-state index contributed by atoms with van der Waals surface area (Å²) in [6, 6.07) is 4.86. The monoisotopic (exact) mass is 438 g/mol. The highest BCUT2D eigenvalue weighted by Crippen LogP contribution is 2.35. The Labute approximate surface area is 182 Å². The summed E-state index contributed by atoms with van der Waals surface area (Å²) in [6.45, 7) is 3.75. The van der Waals surface area contributed by atoms with Gasteiger partial charge in [-0.3, -0.25) is 9.36 Å². The van der Waals surface area contributed by atoms with Gasteiger partial charge in [0.05, 0.1) is 5.52 Å². The molecule has 1 aliphatic carbocycles. The van der Waals surface area contributed by atoms with Gasteiger partial charge in [-0.1, -0.05) is 18.1 Å². The van der Waals surface area contributed by atoms with E-state index in [0.717, 1.165) is 31.5 Å². The molecule has 1 aromatic carbocycles. The van der Waals surface area contributed by atoms with Crippen LogP contribution in [-0.4, -0.2) is 29.7 Å². The molecule has 4 aromatic rings. The molecule has 0 amide bonds. The largest absolute Gasteiger partial charge is 0.383 e. The van der Waals surface area contributed by atoms with Crippen LogP contribution in [0.3, 0.4) is 0 Å². The number of nitrogens with two attached hydrogens (primary N) is 2. The summed E-state index contributed by atoms with van der Waals surface area (Å²) in [5, 5.41) is 3.75. The zero-order chi connectivity index (χ0) is 22.8. The SMILES string of the molecule is CCCc1nc2cccc(F)c2c(=O)n1C1CC1.Cc1noc(-c2c(N)ncnc2N)n1. The average molecular weight is 438 g/mol. The third-order valence-corrected chi connectivity index (χ3v) is 4.98. The molecule has 3 aromatic heterocycles. The molecule has 166 valence electrons. The van der Waals surface area contributed by atoms with Gasteiger partial charge in [-0.05, 0) is 38.3 Å². The Morgan fingerprint density at radius 1 is 1.19 bits per heavy atom. The number of anilines is 2. The molecule has 5 rings (SSSR count). The first-order valence-corrected chi connectivity index (χ1v) is 10.3. The van der Waals surface area contributed by atoms with E-state index in [2.05, 4.69) is 32.0 Å². The van der Waals surface area contributed by atoms with Crippen LogP contribution in [0.4, 0.5) is 16.0 Å². The molecule has 4 N–H and O–H groups in total.